The van der Waals surface area contributed by atoms with Gasteiger partial charge in [-0.15, -0.1) is 0 Å². The van der Waals surface area contributed by atoms with Crippen molar-refractivity contribution in [2.24, 2.45) is 0 Å². The second kappa shape index (κ2) is 8.18. The van der Waals surface area contributed by atoms with Crippen molar-refractivity contribution < 1.29 is 9.47 Å². The van der Waals surface area contributed by atoms with Gasteiger partial charge in [0.05, 0.1) is 18.2 Å². The minimum Gasteiger partial charge on any atom is -0.491 e. The van der Waals surface area contributed by atoms with E-state index in [4.69, 9.17) is 9.47 Å². The van der Waals surface area contributed by atoms with Gasteiger partial charge in [-0.2, -0.15) is 0 Å². The molecule has 0 saturated heterocycles. The highest BCUT2D eigenvalue weighted by molar-refractivity contribution is 5.29. The van der Waals surface area contributed by atoms with E-state index in [0.717, 1.165) is 18.9 Å². The summed E-state index contributed by atoms with van der Waals surface area (Å²) < 4.78 is 11.4. The van der Waals surface area contributed by atoms with Crippen LogP contribution >= 0.6 is 0 Å². The molecule has 0 spiro atoms. The number of likely N-dealkylation sites (N-methyl/N-ethyl adjacent to an activating group) is 1. The van der Waals surface area contributed by atoms with Gasteiger partial charge in [0.15, 0.2) is 0 Å². The fourth-order valence-electron chi connectivity index (χ4n) is 2.16. The number of ether oxygens (including phenoxy) is 2. The Morgan fingerprint density at radius 1 is 1.05 bits per heavy atom. The van der Waals surface area contributed by atoms with E-state index in [0.29, 0.717) is 0 Å². The summed E-state index contributed by atoms with van der Waals surface area (Å²) in [7, 11) is 0. The lowest BCUT2D eigenvalue weighted by Crippen LogP contribution is -2.32. The van der Waals surface area contributed by atoms with Gasteiger partial charge in [-0.05, 0) is 51.9 Å². The van der Waals surface area contributed by atoms with Crippen LogP contribution in [0.4, 0.5) is 0 Å². The first-order valence-corrected chi connectivity index (χ1v) is 7.20. The van der Waals surface area contributed by atoms with Gasteiger partial charge in [-0.3, -0.25) is 0 Å². The van der Waals surface area contributed by atoms with Crippen molar-refractivity contribution in [2.75, 3.05) is 13.2 Å². The van der Waals surface area contributed by atoms with Crippen LogP contribution in [0.5, 0.6) is 5.75 Å². The molecule has 0 fully saturated rings. The van der Waals surface area contributed by atoms with Gasteiger partial charge in [0, 0.05) is 6.61 Å². The topological polar surface area (TPSA) is 30.5 Å². The molecular weight excluding hydrogens is 238 g/mol. The SMILES string of the molecule is CCNC(c1ccc(OC(C)C)cc1)C(C)OCC. The maximum Gasteiger partial charge on any atom is 0.119 e. The van der Waals surface area contributed by atoms with E-state index in [1.54, 1.807) is 0 Å². The number of nitrogens with one attached hydrogen (secondary N) is 1. The normalized spacial score (nSPS) is 14.4. The van der Waals surface area contributed by atoms with Crippen LogP contribution in [0.25, 0.3) is 0 Å². The molecule has 0 radical (unpaired) electrons. The molecule has 0 aliphatic heterocycles. The summed E-state index contributed by atoms with van der Waals surface area (Å²) in [4.78, 5) is 0. The lowest BCUT2D eigenvalue weighted by Gasteiger charge is -2.25. The van der Waals surface area contributed by atoms with E-state index in [-0.39, 0.29) is 18.2 Å². The Hall–Kier alpha value is -1.06. The third-order valence-electron chi connectivity index (χ3n) is 2.93. The van der Waals surface area contributed by atoms with Crippen LogP contribution in [0.3, 0.4) is 0 Å². The summed E-state index contributed by atoms with van der Waals surface area (Å²) in [5.74, 6) is 0.915. The van der Waals surface area contributed by atoms with Crippen LogP contribution in [0.2, 0.25) is 0 Å². The second-order valence-corrected chi connectivity index (χ2v) is 4.93. The van der Waals surface area contributed by atoms with Gasteiger partial charge in [-0.25, -0.2) is 0 Å². The van der Waals surface area contributed by atoms with E-state index < -0.39 is 0 Å². The molecule has 1 aromatic carbocycles. The molecule has 2 atom stereocenters. The molecule has 19 heavy (non-hydrogen) atoms. The molecule has 3 nitrogen and oxygen atoms in total. The molecule has 108 valence electrons. The Morgan fingerprint density at radius 2 is 1.68 bits per heavy atom. The van der Waals surface area contributed by atoms with Gasteiger partial charge < -0.3 is 14.8 Å². The monoisotopic (exact) mass is 265 g/mol. The second-order valence-electron chi connectivity index (χ2n) is 4.93. The molecular formula is C16H27NO2. The zero-order valence-corrected chi connectivity index (χ0v) is 12.8. The van der Waals surface area contributed by atoms with Crippen LogP contribution in [-0.2, 0) is 4.74 Å². The van der Waals surface area contributed by atoms with Crippen LogP contribution in [0.15, 0.2) is 24.3 Å². The van der Waals surface area contributed by atoms with Crippen LogP contribution < -0.4 is 10.1 Å². The zero-order valence-electron chi connectivity index (χ0n) is 12.8. The first kappa shape index (κ1) is 16.0. The Balaban J connectivity index is 2.78. The highest BCUT2D eigenvalue weighted by Crippen LogP contribution is 2.22. The van der Waals surface area contributed by atoms with Crippen LogP contribution in [-0.4, -0.2) is 25.4 Å². The van der Waals surface area contributed by atoms with Gasteiger partial charge in [0.25, 0.3) is 0 Å². The highest BCUT2D eigenvalue weighted by atomic mass is 16.5. The molecule has 0 aliphatic carbocycles. The number of benzene rings is 1. The van der Waals surface area contributed by atoms with Crippen molar-refractivity contribution in [1.29, 1.82) is 0 Å². The van der Waals surface area contributed by atoms with Crippen molar-refractivity contribution in [3.05, 3.63) is 29.8 Å². The predicted octanol–water partition coefficient (Wildman–Crippen LogP) is 3.55. The van der Waals surface area contributed by atoms with Crippen molar-refractivity contribution in [2.45, 2.75) is 52.9 Å². The quantitative estimate of drug-likeness (QED) is 0.779. The average molecular weight is 265 g/mol. The summed E-state index contributed by atoms with van der Waals surface area (Å²) in [6.45, 7) is 12.0. The van der Waals surface area contributed by atoms with Gasteiger partial charge in [0.1, 0.15) is 5.75 Å². The van der Waals surface area contributed by atoms with E-state index in [1.807, 2.05) is 32.9 Å². The number of hydrogen-bond donors (Lipinski definition) is 1. The molecule has 2 unspecified atom stereocenters. The zero-order chi connectivity index (χ0) is 14.3. The van der Waals surface area contributed by atoms with Crippen molar-refractivity contribution in [3.63, 3.8) is 0 Å². The fraction of sp³-hybridized carbons (Fsp3) is 0.625. The van der Waals surface area contributed by atoms with E-state index >= 15 is 0 Å². The summed E-state index contributed by atoms with van der Waals surface area (Å²) in [5.41, 5.74) is 1.24. The predicted molar refractivity (Wildman–Crippen MR) is 79.7 cm³/mol. The maximum atomic E-state index is 5.71. The Bertz CT molecular complexity index is 348. The van der Waals surface area contributed by atoms with E-state index in [1.165, 1.54) is 5.56 Å². The maximum absolute atomic E-state index is 5.71. The van der Waals surface area contributed by atoms with Crippen molar-refractivity contribution in [1.82, 2.24) is 5.32 Å². The molecule has 0 heterocycles. The minimum atomic E-state index is 0.154. The molecule has 1 N–H and O–H groups in total. The summed E-state index contributed by atoms with van der Waals surface area (Å²) in [5, 5.41) is 3.48. The van der Waals surface area contributed by atoms with Crippen molar-refractivity contribution in [3.8, 4) is 5.75 Å². The molecule has 1 aromatic rings. The van der Waals surface area contributed by atoms with E-state index in [2.05, 4.69) is 31.3 Å². The average Bonchev–Trinajstić information content (AvgIpc) is 2.36. The van der Waals surface area contributed by atoms with E-state index in [9.17, 15) is 0 Å². The summed E-state index contributed by atoms with van der Waals surface area (Å²) in [6.07, 6.45) is 0.361. The number of hydrogen-bond acceptors (Lipinski definition) is 3. The first-order chi connectivity index (χ1) is 9.08. The first-order valence-electron chi connectivity index (χ1n) is 7.20. The molecule has 0 amide bonds. The lowest BCUT2D eigenvalue weighted by molar-refractivity contribution is 0.0476. The Kier molecular flexibility index (Phi) is 6.89. The minimum absolute atomic E-state index is 0.154. The fourth-order valence-corrected chi connectivity index (χ4v) is 2.16. The standard InChI is InChI=1S/C16H27NO2/c1-6-17-16(13(5)18-7-2)14-8-10-15(11-9-14)19-12(3)4/h8-13,16-17H,6-7H2,1-5H3. The molecule has 1 rings (SSSR count). The summed E-state index contributed by atoms with van der Waals surface area (Å²) in [6, 6.07) is 8.50. The third kappa shape index (κ3) is 5.21. The Morgan fingerprint density at radius 3 is 2.16 bits per heavy atom. The third-order valence-corrected chi connectivity index (χ3v) is 2.93. The van der Waals surface area contributed by atoms with Gasteiger partial charge in [0.2, 0.25) is 0 Å². The van der Waals surface area contributed by atoms with Crippen LogP contribution in [0.1, 0.15) is 46.2 Å². The summed E-state index contributed by atoms with van der Waals surface area (Å²) >= 11 is 0. The van der Waals surface area contributed by atoms with Gasteiger partial charge in [-0.1, -0.05) is 19.1 Å². The molecule has 3 heteroatoms. The molecule has 0 aliphatic rings. The van der Waals surface area contributed by atoms with Crippen molar-refractivity contribution >= 4 is 0 Å². The van der Waals surface area contributed by atoms with Gasteiger partial charge >= 0.3 is 0 Å². The Labute approximate surface area is 117 Å². The molecule has 0 saturated carbocycles. The molecule has 0 bridgehead atoms. The number of rotatable bonds is 8. The highest BCUT2D eigenvalue weighted by Gasteiger charge is 2.18. The smallest absolute Gasteiger partial charge is 0.119 e. The largest absolute Gasteiger partial charge is 0.491 e. The molecule has 0 aromatic heterocycles. The van der Waals surface area contributed by atoms with Crippen LogP contribution in [0, 0.1) is 0 Å². The lowest BCUT2D eigenvalue weighted by atomic mass is 10.0.